The minimum absolute atomic E-state index is 0.314. The number of rotatable bonds is 7. The molecule has 1 fully saturated rings. The van der Waals surface area contributed by atoms with Crippen LogP contribution < -0.4 is 0 Å². The number of hydrogen-bond acceptors (Lipinski definition) is 5. The molecule has 2 N–H and O–H groups in total. The Kier molecular flexibility index (Phi) is 5.91. The Hall–Kier alpha value is -1.82. The van der Waals surface area contributed by atoms with Crippen molar-refractivity contribution in [2.24, 2.45) is 0 Å². The predicted molar refractivity (Wildman–Crippen MR) is 90.9 cm³/mol. The first-order chi connectivity index (χ1) is 11.7. The third-order valence-corrected chi connectivity index (χ3v) is 4.56. The summed E-state index contributed by atoms with van der Waals surface area (Å²) in [6, 6.07) is 11.2. The number of β-amino-alcohol motifs (C(OH)–C–C–N with tert-alkyl or cyclic N) is 1. The first-order valence-electron chi connectivity index (χ1n) is 8.50. The van der Waals surface area contributed by atoms with Crippen molar-refractivity contribution >= 4 is 0 Å². The van der Waals surface area contributed by atoms with Gasteiger partial charge in [-0.1, -0.05) is 12.1 Å². The van der Waals surface area contributed by atoms with Crippen molar-refractivity contribution < 1.29 is 19.4 Å². The van der Waals surface area contributed by atoms with Crippen LogP contribution in [0.4, 0.5) is 0 Å². The highest BCUT2D eigenvalue weighted by Gasteiger charge is 2.22. The fraction of sp³-hybridized carbons (Fsp3) is 0.474. The smallest absolute Gasteiger partial charge is 0.129 e. The van der Waals surface area contributed by atoms with Crippen molar-refractivity contribution in [3.05, 3.63) is 54.0 Å². The van der Waals surface area contributed by atoms with Crippen LogP contribution >= 0.6 is 0 Å². The van der Waals surface area contributed by atoms with E-state index in [4.69, 9.17) is 9.15 Å². The Bertz CT molecular complexity index is 588. The van der Waals surface area contributed by atoms with Gasteiger partial charge in [-0.05, 0) is 61.7 Å². The minimum atomic E-state index is -0.481. The van der Waals surface area contributed by atoms with Crippen LogP contribution in [0.1, 0.15) is 30.1 Å². The van der Waals surface area contributed by atoms with Crippen LogP contribution in [0, 0.1) is 0 Å². The molecule has 2 heterocycles. The van der Waals surface area contributed by atoms with Crippen LogP contribution in [0.15, 0.2) is 47.1 Å². The van der Waals surface area contributed by atoms with Gasteiger partial charge in [0.1, 0.15) is 18.1 Å². The molecule has 0 aliphatic carbocycles. The van der Waals surface area contributed by atoms with E-state index < -0.39 is 6.10 Å². The number of ether oxygens (including phenoxy) is 1. The van der Waals surface area contributed by atoms with E-state index in [1.165, 1.54) is 5.56 Å². The number of benzene rings is 1. The number of nitrogens with zero attached hydrogens (tertiary/aromatic N) is 1. The largest absolute Gasteiger partial charge is 0.508 e. The van der Waals surface area contributed by atoms with Crippen molar-refractivity contribution in [2.45, 2.75) is 31.5 Å². The maximum absolute atomic E-state index is 10.1. The number of hydrogen-bond donors (Lipinski definition) is 2. The number of aliphatic hydroxyl groups is 1. The zero-order chi connectivity index (χ0) is 16.8. The molecule has 0 unspecified atom stereocenters. The molecule has 1 aliphatic rings. The monoisotopic (exact) mass is 331 g/mol. The SMILES string of the molecule is Oc1ccc(C2CCN(C[C@@H](O)COCc3ccco3)CC2)cc1. The maximum atomic E-state index is 10.1. The van der Waals surface area contributed by atoms with E-state index in [1.807, 2.05) is 24.3 Å². The van der Waals surface area contributed by atoms with Gasteiger partial charge in [0.25, 0.3) is 0 Å². The lowest BCUT2D eigenvalue weighted by Crippen LogP contribution is -2.39. The van der Waals surface area contributed by atoms with E-state index in [-0.39, 0.29) is 0 Å². The molecule has 2 aromatic rings. The summed E-state index contributed by atoms with van der Waals surface area (Å²) < 4.78 is 10.7. The summed E-state index contributed by atoms with van der Waals surface area (Å²) in [6.07, 6.45) is 3.29. The fourth-order valence-electron chi connectivity index (χ4n) is 3.24. The summed E-state index contributed by atoms with van der Waals surface area (Å²) in [6.45, 7) is 3.30. The summed E-state index contributed by atoms with van der Waals surface area (Å²) in [5.41, 5.74) is 1.29. The van der Waals surface area contributed by atoms with Crippen LogP contribution in [0.3, 0.4) is 0 Å². The predicted octanol–water partition coefficient (Wildman–Crippen LogP) is 2.74. The van der Waals surface area contributed by atoms with Crippen molar-refractivity contribution in [1.29, 1.82) is 0 Å². The quantitative estimate of drug-likeness (QED) is 0.817. The van der Waals surface area contributed by atoms with Crippen molar-refractivity contribution in [2.75, 3.05) is 26.2 Å². The zero-order valence-electron chi connectivity index (χ0n) is 13.8. The van der Waals surface area contributed by atoms with E-state index in [2.05, 4.69) is 4.90 Å². The average Bonchev–Trinajstić information content (AvgIpc) is 3.10. The summed E-state index contributed by atoms with van der Waals surface area (Å²) in [7, 11) is 0. The molecule has 1 aromatic carbocycles. The van der Waals surface area contributed by atoms with Gasteiger partial charge in [0.05, 0.1) is 19.0 Å². The number of likely N-dealkylation sites (tertiary alicyclic amines) is 1. The normalized spacial score (nSPS) is 17.9. The minimum Gasteiger partial charge on any atom is -0.508 e. The van der Waals surface area contributed by atoms with E-state index in [0.717, 1.165) is 31.7 Å². The Morgan fingerprint density at radius 1 is 1.17 bits per heavy atom. The lowest BCUT2D eigenvalue weighted by molar-refractivity contribution is 0.00174. The van der Waals surface area contributed by atoms with E-state index in [1.54, 1.807) is 18.4 Å². The van der Waals surface area contributed by atoms with Gasteiger partial charge in [-0.3, -0.25) is 0 Å². The van der Waals surface area contributed by atoms with Gasteiger partial charge >= 0.3 is 0 Å². The van der Waals surface area contributed by atoms with Gasteiger partial charge in [-0.15, -0.1) is 0 Å². The molecule has 1 aliphatic heterocycles. The number of aliphatic hydroxyl groups excluding tert-OH is 1. The van der Waals surface area contributed by atoms with Gasteiger partial charge in [0, 0.05) is 6.54 Å². The summed E-state index contributed by atoms with van der Waals surface area (Å²) >= 11 is 0. The third-order valence-electron chi connectivity index (χ3n) is 4.56. The molecular formula is C19H25NO4. The first-order valence-corrected chi connectivity index (χ1v) is 8.50. The lowest BCUT2D eigenvalue weighted by Gasteiger charge is -2.33. The second kappa shape index (κ2) is 8.33. The number of phenolic OH excluding ortho intramolecular Hbond substituents is 1. The molecule has 1 atom stereocenters. The first kappa shape index (κ1) is 17.0. The highest BCUT2D eigenvalue weighted by atomic mass is 16.5. The Balaban J connectivity index is 1.36. The summed E-state index contributed by atoms with van der Waals surface area (Å²) in [5.74, 6) is 1.62. The number of aromatic hydroxyl groups is 1. The molecule has 24 heavy (non-hydrogen) atoms. The number of furan rings is 1. The topological polar surface area (TPSA) is 66.1 Å². The molecule has 5 heteroatoms. The van der Waals surface area contributed by atoms with Crippen LogP contribution in [-0.2, 0) is 11.3 Å². The van der Waals surface area contributed by atoms with E-state index in [9.17, 15) is 10.2 Å². The van der Waals surface area contributed by atoms with Crippen LogP contribution in [0.2, 0.25) is 0 Å². The van der Waals surface area contributed by atoms with Crippen LogP contribution in [0.5, 0.6) is 5.75 Å². The highest BCUT2D eigenvalue weighted by Crippen LogP contribution is 2.29. The van der Waals surface area contributed by atoms with Gasteiger partial charge < -0.3 is 24.3 Å². The van der Waals surface area contributed by atoms with Gasteiger partial charge in [-0.25, -0.2) is 0 Å². The molecule has 0 radical (unpaired) electrons. The van der Waals surface area contributed by atoms with Gasteiger partial charge in [0.2, 0.25) is 0 Å². The average molecular weight is 331 g/mol. The van der Waals surface area contributed by atoms with Crippen LogP contribution in [-0.4, -0.2) is 47.5 Å². The Labute approximate surface area is 142 Å². The van der Waals surface area contributed by atoms with Crippen molar-refractivity contribution in [3.8, 4) is 5.75 Å². The van der Waals surface area contributed by atoms with Gasteiger partial charge in [-0.2, -0.15) is 0 Å². The molecule has 1 aromatic heterocycles. The molecule has 5 nitrogen and oxygen atoms in total. The summed E-state index contributed by atoms with van der Waals surface area (Å²) in [4.78, 5) is 2.29. The van der Waals surface area contributed by atoms with Crippen LogP contribution in [0.25, 0.3) is 0 Å². The molecule has 0 spiro atoms. The molecule has 3 rings (SSSR count). The van der Waals surface area contributed by atoms with Gasteiger partial charge in [0.15, 0.2) is 0 Å². The second-order valence-corrected chi connectivity index (χ2v) is 6.41. The Morgan fingerprint density at radius 3 is 2.58 bits per heavy atom. The number of piperidine rings is 1. The van der Waals surface area contributed by atoms with Crippen molar-refractivity contribution in [3.63, 3.8) is 0 Å². The molecule has 130 valence electrons. The third kappa shape index (κ3) is 4.84. The molecular weight excluding hydrogens is 306 g/mol. The maximum Gasteiger partial charge on any atom is 0.129 e. The standard InChI is InChI=1S/C19H25NO4/c21-17-5-3-15(4-6-17)16-7-9-20(10-8-16)12-18(22)13-23-14-19-2-1-11-24-19/h1-6,11,16,18,21-22H,7-10,12-14H2/t18-/m1/s1. The van der Waals surface area contributed by atoms with E-state index in [0.29, 0.717) is 31.4 Å². The van der Waals surface area contributed by atoms with E-state index >= 15 is 0 Å². The van der Waals surface area contributed by atoms with Crippen molar-refractivity contribution in [1.82, 2.24) is 4.90 Å². The molecule has 0 bridgehead atoms. The highest BCUT2D eigenvalue weighted by molar-refractivity contribution is 5.28. The second-order valence-electron chi connectivity index (χ2n) is 6.41. The lowest BCUT2D eigenvalue weighted by atomic mass is 9.89. The molecule has 0 amide bonds. The summed E-state index contributed by atoms with van der Waals surface area (Å²) in [5, 5.41) is 19.5. The fourth-order valence-corrected chi connectivity index (χ4v) is 3.24. The molecule has 1 saturated heterocycles. The zero-order valence-corrected chi connectivity index (χ0v) is 13.8. The molecule has 0 saturated carbocycles. The number of phenols is 1. The Morgan fingerprint density at radius 2 is 1.92 bits per heavy atom.